The predicted octanol–water partition coefficient (Wildman–Crippen LogP) is 3.31. The summed E-state index contributed by atoms with van der Waals surface area (Å²) in [6.45, 7) is 5.44. The van der Waals surface area contributed by atoms with E-state index >= 15 is 0 Å². The standard InChI is InChI=1S/C18H29NO2/c1-13(2)15-8-9-18(20)17(11-15)19(3)12-14-6-5-7-16(10-14)21-4/h5-7,10,13,15,17-18,20H,8-9,11-12H2,1-4H3. The summed E-state index contributed by atoms with van der Waals surface area (Å²) in [5.74, 6) is 2.32. The Hall–Kier alpha value is -1.06. The van der Waals surface area contributed by atoms with Crippen LogP contribution < -0.4 is 4.74 Å². The molecule has 0 spiro atoms. The third-order valence-electron chi connectivity index (χ3n) is 4.90. The average molecular weight is 291 g/mol. The van der Waals surface area contributed by atoms with Gasteiger partial charge in [-0.05, 0) is 55.8 Å². The first-order valence-electron chi connectivity index (χ1n) is 8.02. The molecule has 1 N–H and O–H groups in total. The number of ether oxygens (including phenoxy) is 1. The van der Waals surface area contributed by atoms with Crippen LogP contribution in [0.5, 0.6) is 5.75 Å². The van der Waals surface area contributed by atoms with E-state index in [1.54, 1.807) is 7.11 Å². The van der Waals surface area contributed by atoms with E-state index in [2.05, 4.69) is 37.9 Å². The summed E-state index contributed by atoms with van der Waals surface area (Å²) in [4.78, 5) is 2.30. The second kappa shape index (κ2) is 7.28. The molecule has 118 valence electrons. The highest BCUT2D eigenvalue weighted by Crippen LogP contribution is 2.33. The molecule has 3 unspecified atom stereocenters. The lowest BCUT2D eigenvalue weighted by molar-refractivity contribution is 0.00314. The van der Waals surface area contributed by atoms with Gasteiger partial charge in [0, 0.05) is 12.6 Å². The molecule has 2 rings (SSSR count). The lowest BCUT2D eigenvalue weighted by Gasteiger charge is -2.40. The number of benzene rings is 1. The molecule has 21 heavy (non-hydrogen) atoms. The van der Waals surface area contributed by atoms with Crippen molar-refractivity contribution >= 4 is 0 Å². The van der Waals surface area contributed by atoms with Gasteiger partial charge in [0.1, 0.15) is 5.75 Å². The van der Waals surface area contributed by atoms with E-state index in [0.717, 1.165) is 37.5 Å². The van der Waals surface area contributed by atoms with Gasteiger partial charge in [0.15, 0.2) is 0 Å². The van der Waals surface area contributed by atoms with Crippen molar-refractivity contribution < 1.29 is 9.84 Å². The molecular formula is C18H29NO2. The van der Waals surface area contributed by atoms with Crippen LogP contribution in [-0.2, 0) is 6.54 Å². The van der Waals surface area contributed by atoms with Gasteiger partial charge in [0.2, 0.25) is 0 Å². The summed E-state index contributed by atoms with van der Waals surface area (Å²) in [5, 5.41) is 10.4. The van der Waals surface area contributed by atoms with Gasteiger partial charge in [-0.3, -0.25) is 4.90 Å². The Kier molecular flexibility index (Phi) is 5.65. The first-order valence-corrected chi connectivity index (χ1v) is 8.02. The molecule has 0 aromatic heterocycles. The van der Waals surface area contributed by atoms with Gasteiger partial charge in [-0.1, -0.05) is 26.0 Å². The van der Waals surface area contributed by atoms with Gasteiger partial charge in [-0.25, -0.2) is 0 Å². The van der Waals surface area contributed by atoms with Gasteiger partial charge < -0.3 is 9.84 Å². The molecule has 1 aliphatic rings. The molecule has 0 bridgehead atoms. The Bertz CT molecular complexity index is 447. The minimum atomic E-state index is -0.199. The van der Waals surface area contributed by atoms with Crippen molar-refractivity contribution in [2.75, 3.05) is 14.2 Å². The molecular weight excluding hydrogens is 262 g/mol. The van der Waals surface area contributed by atoms with Crippen LogP contribution >= 0.6 is 0 Å². The van der Waals surface area contributed by atoms with Crippen LogP contribution in [-0.4, -0.2) is 36.3 Å². The van der Waals surface area contributed by atoms with Gasteiger partial charge in [0.25, 0.3) is 0 Å². The summed E-state index contributed by atoms with van der Waals surface area (Å²) < 4.78 is 5.28. The first-order chi connectivity index (χ1) is 10.0. The molecule has 0 heterocycles. The summed E-state index contributed by atoms with van der Waals surface area (Å²) >= 11 is 0. The zero-order valence-electron chi connectivity index (χ0n) is 13.7. The highest BCUT2D eigenvalue weighted by molar-refractivity contribution is 5.28. The number of methoxy groups -OCH3 is 1. The lowest BCUT2D eigenvalue weighted by atomic mass is 9.77. The second-order valence-electron chi connectivity index (χ2n) is 6.72. The summed E-state index contributed by atoms with van der Waals surface area (Å²) in [6.07, 6.45) is 2.98. The SMILES string of the molecule is COc1cccc(CN(C)C2CC(C(C)C)CCC2O)c1. The van der Waals surface area contributed by atoms with Crippen LogP contribution in [0.15, 0.2) is 24.3 Å². The molecule has 1 saturated carbocycles. The molecule has 1 aromatic rings. The van der Waals surface area contributed by atoms with Crippen LogP contribution in [0.1, 0.15) is 38.7 Å². The Morgan fingerprint density at radius 3 is 2.76 bits per heavy atom. The summed E-state index contributed by atoms with van der Waals surface area (Å²) in [6, 6.07) is 8.45. The van der Waals surface area contributed by atoms with Gasteiger partial charge in [-0.15, -0.1) is 0 Å². The number of hydrogen-bond acceptors (Lipinski definition) is 3. The average Bonchev–Trinajstić information content (AvgIpc) is 2.47. The Morgan fingerprint density at radius 2 is 2.10 bits per heavy atom. The van der Waals surface area contributed by atoms with Crippen molar-refractivity contribution in [3.05, 3.63) is 29.8 Å². The van der Waals surface area contributed by atoms with Crippen molar-refractivity contribution in [3.63, 3.8) is 0 Å². The Labute approximate surface area is 128 Å². The fraction of sp³-hybridized carbons (Fsp3) is 0.667. The third kappa shape index (κ3) is 4.21. The number of rotatable bonds is 5. The van der Waals surface area contributed by atoms with Crippen LogP contribution in [0.4, 0.5) is 0 Å². The molecule has 0 radical (unpaired) electrons. The molecule has 0 saturated heterocycles. The fourth-order valence-electron chi connectivity index (χ4n) is 3.42. The molecule has 3 atom stereocenters. The van der Waals surface area contributed by atoms with Crippen LogP contribution in [0.25, 0.3) is 0 Å². The number of nitrogens with zero attached hydrogens (tertiary/aromatic N) is 1. The van der Waals surface area contributed by atoms with E-state index in [9.17, 15) is 5.11 Å². The van der Waals surface area contributed by atoms with Crippen molar-refractivity contribution in [2.24, 2.45) is 11.8 Å². The molecule has 0 aliphatic heterocycles. The van der Waals surface area contributed by atoms with Crippen LogP contribution in [0.3, 0.4) is 0 Å². The van der Waals surface area contributed by atoms with Crippen molar-refractivity contribution in [1.82, 2.24) is 4.90 Å². The van der Waals surface area contributed by atoms with Gasteiger partial charge in [0.05, 0.1) is 13.2 Å². The normalized spacial score (nSPS) is 26.3. The number of aliphatic hydroxyl groups excluding tert-OH is 1. The van der Waals surface area contributed by atoms with Crippen molar-refractivity contribution in [2.45, 2.75) is 51.8 Å². The largest absolute Gasteiger partial charge is 0.497 e. The van der Waals surface area contributed by atoms with E-state index in [1.807, 2.05) is 12.1 Å². The zero-order chi connectivity index (χ0) is 15.4. The number of likely N-dealkylation sites (N-methyl/N-ethyl adjacent to an activating group) is 1. The van der Waals surface area contributed by atoms with E-state index < -0.39 is 0 Å². The van der Waals surface area contributed by atoms with Crippen molar-refractivity contribution in [1.29, 1.82) is 0 Å². The van der Waals surface area contributed by atoms with Crippen LogP contribution in [0, 0.1) is 11.8 Å². The Balaban J connectivity index is 2.01. The van der Waals surface area contributed by atoms with E-state index in [4.69, 9.17) is 4.74 Å². The number of hydrogen-bond donors (Lipinski definition) is 1. The minimum absolute atomic E-state index is 0.199. The van der Waals surface area contributed by atoms with E-state index in [1.165, 1.54) is 5.56 Å². The van der Waals surface area contributed by atoms with Crippen molar-refractivity contribution in [3.8, 4) is 5.75 Å². The topological polar surface area (TPSA) is 32.7 Å². The minimum Gasteiger partial charge on any atom is -0.497 e. The maximum atomic E-state index is 10.4. The summed E-state index contributed by atoms with van der Waals surface area (Å²) in [7, 11) is 3.82. The van der Waals surface area contributed by atoms with Crippen LogP contribution in [0.2, 0.25) is 0 Å². The highest BCUT2D eigenvalue weighted by Gasteiger charge is 2.32. The molecule has 1 aliphatic carbocycles. The maximum absolute atomic E-state index is 10.4. The monoisotopic (exact) mass is 291 g/mol. The number of aliphatic hydroxyl groups is 1. The molecule has 0 amide bonds. The molecule has 1 fully saturated rings. The van der Waals surface area contributed by atoms with Gasteiger partial charge in [-0.2, -0.15) is 0 Å². The smallest absolute Gasteiger partial charge is 0.119 e. The van der Waals surface area contributed by atoms with Gasteiger partial charge >= 0.3 is 0 Å². The maximum Gasteiger partial charge on any atom is 0.119 e. The van der Waals surface area contributed by atoms with E-state index in [0.29, 0.717) is 5.92 Å². The Morgan fingerprint density at radius 1 is 1.33 bits per heavy atom. The molecule has 3 heteroatoms. The zero-order valence-corrected chi connectivity index (χ0v) is 13.7. The molecule has 3 nitrogen and oxygen atoms in total. The quantitative estimate of drug-likeness (QED) is 0.903. The predicted molar refractivity (Wildman–Crippen MR) is 86.4 cm³/mol. The third-order valence-corrected chi connectivity index (χ3v) is 4.90. The molecule has 1 aromatic carbocycles. The van der Waals surface area contributed by atoms with E-state index in [-0.39, 0.29) is 12.1 Å². The summed E-state index contributed by atoms with van der Waals surface area (Å²) in [5.41, 5.74) is 1.23. The lowest BCUT2D eigenvalue weighted by Crippen LogP contribution is -2.45. The first kappa shape index (κ1) is 16.3. The highest BCUT2D eigenvalue weighted by atomic mass is 16.5. The fourth-order valence-corrected chi connectivity index (χ4v) is 3.42. The second-order valence-corrected chi connectivity index (χ2v) is 6.72.